The summed E-state index contributed by atoms with van der Waals surface area (Å²) in [6, 6.07) is 11.6. The maximum Gasteiger partial charge on any atom is 0.346 e. The van der Waals surface area contributed by atoms with E-state index >= 15 is 0 Å². The summed E-state index contributed by atoms with van der Waals surface area (Å²) < 4.78 is 38.6. The number of ketones is 1. The zero-order chi connectivity index (χ0) is 38.1. The van der Waals surface area contributed by atoms with Crippen molar-refractivity contribution >= 4 is 26.0 Å². The monoisotopic (exact) mass is 736 g/mol. The molecule has 0 N–H and O–H groups in total. The molecule has 52 heavy (non-hydrogen) atoms. The smallest absolute Gasteiger partial charge is 0.346 e. The van der Waals surface area contributed by atoms with E-state index in [0.29, 0.717) is 30.8 Å². The Morgan fingerprint density at radius 1 is 1.04 bits per heavy atom. The van der Waals surface area contributed by atoms with Crippen molar-refractivity contribution in [2.24, 2.45) is 17.3 Å². The SMILES string of the molecule is CCCCC[C@@H]1Cc2cc(O[Si](C)(C)C(C)(C)C)c(C(=O)OCc3ccccc3)c3c2[C@H](C[C@]2(OC[C@@H](CC(=O)[C@](C)(CC)C(=O)OC)[C@@H]2C)O3)O1. The molecular weight excluding hydrogens is 677 g/mol. The van der Waals surface area contributed by atoms with E-state index in [4.69, 9.17) is 28.1 Å². The van der Waals surface area contributed by atoms with E-state index in [0.717, 1.165) is 42.4 Å². The molecular formula is C42H60O9Si. The fourth-order valence-corrected chi connectivity index (χ4v) is 8.48. The van der Waals surface area contributed by atoms with Crippen molar-refractivity contribution in [2.45, 2.75) is 143 Å². The summed E-state index contributed by atoms with van der Waals surface area (Å²) in [6.07, 6.45) is 5.37. The number of Topliss-reactive ketones (excluding diaryl/α,β-unsaturated/α-hetero) is 1. The topological polar surface area (TPSA) is 107 Å². The summed E-state index contributed by atoms with van der Waals surface area (Å²) in [6.45, 7) is 18.9. The highest BCUT2D eigenvalue weighted by atomic mass is 28.4. The Kier molecular flexibility index (Phi) is 12.0. The van der Waals surface area contributed by atoms with Crippen LogP contribution in [0.2, 0.25) is 18.1 Å². The number of esters is 2. The lowest BCUT2D eigenvalue weighted by Crippen LogP contribution is -2.49. The fourth-order valence-electron chi connectivity index (χ4n) is 7.46. The van der Waals surface area contributed by atoms with Crippen LogP contribution in [0.3, 0.4) is 0 Å². The number of hydrogen-bond acceptors (Lipinski definition) is 9. The van der Waals surface area contributed by atoms with Gasteiger partial charge in [-0.3, -0.25) is 9.59 Å². The second-order valence-corrected chi connectivity index (χ2v) is 21.5. The molecule has 3 aliphatic rings. The number of ether oxygens (including phenoxy) is 5. The number of carbonyl (C=O) groups excluding carboxylic acids is 3. The Balaban J connectivity index is 1.59. The quantitative estimate of drug-likeness (QED) is 0.0812. The highest BCUT2D eigenvalue weighted by molar-refractivity contribution is 6.74. The van der Waals surface area contributed by atoms with Crippen molar-refractivity contribution in [3.05, 3.63) is 58.7 Å². The van der Waals surface area contributed by atoms with Gasteiger partial charge in [0.05, 0.1) is 25.9 Å². The van der Waals surface area contributed by atoms with Gasteiger partial charge in [-0.05, 0) is 67.4 Å². The molecule has 0 unspecified atom stereocenters. The Morgan fingerprint density at radius 3 is 2.38 bits per heavy atom. The lowest BCUT2D eigenvalue weighted by atomic mass is 9.75. The van der Waals surface area contributed by atoms with Crippen molar-refractivity contribution in [3.8, 4) is 11.5 Å². The lowest BCUT2D eigenvalue weighted by molar-refractivity contribution is -0.214. The average molecular weight is 737 g/mol. The van der Waals surface area contributed by atoms with E-state index < -0.39 is 37.6 Å². The van der Waals surface area contributed by atoms with Crippen molar-refractivity contribution in [3.63, 3.8) is 0 Å². The van der Waals surface area contributed by atoms with Crippen molar-refractivity contribution < 1.29 is 42.5 Å². The van der Waals surface area contributed by atoms with Crippen LogP contribution < -0.4 is 9.16 Å². The highest BCUT2D eigenvalue weighted by Crippen LogP contribution is 2.57. The van der Waals surface area contributed by atoms with E-state index in [9.17, 15) is 14.4 Å². The Labute approximate surface area is 311 Å². The average Bonchev–Trinajstić information content (AvgIpc) is 3.38. The molecule has 286 valence electrons. The van der Waals surface area contributed by atoms with Gasteiger partial charge in [0.25, 0.3) is 8.32 Å². The third-order valence-corrected chi connectivity index (χ3v) is 16.6. The second-order valence-electron chi connectivity index (χ2n) is 16.8. The standard InChI is InChI=1S/C42H60O9Si/c1-11-13-15-20-31-21-29-22-32(51-52(9,10)40(4,5)6)36(38(44)47-25-28-18-16-14-17-19-28)37-35(29)33(49-31)24-42(50-37)27(3)30(26-48-42)23-34(43)41(7,12-2)39(45)46-8/h14,16-19,22,27,30-31,33H,11-13,15,20-21,23-26H2,1-10H3/t27-,30+,31+,33-,41-,42-/m0/s1. The third kappa shape index (κ3) is 7.85. The summed E-state index contributed by atoms with van der Waals surface area (Å²) >= 11 is 0. The fraction of sp³-hybridized carbons (Fsp3) is 0.643. The molecule has 0 saturated carbocycles. The Bertz CT molecular complexity index is 1620. The van der Waals surface area contributed by atoms with Gasteiger partial charge in [0.15, 0.2) is 0 Å². The maximum absolute atomic E-state index is 14.4. The summed E-state index contributed by atoms with van der Waals surface area (Å²) in [7, 11) is -1.14. The molecule has 0 aromatic heterocycles. The van der Waals surface area contributed by atoms with E-state index in [2.05, 4.69) is 40.8 Å². The molecule has 9 nitrogen and oxygen atoms in total. The summed E-state index contributed by atoms with van der Waals surface area (Å²) in [5, 5.41) is -0.137. The van der Waals surface area contributed by atoms with Gasteiger partial charge in [-0.1, -0.05) is 91.1 Å². The second kappa shape index (κ2) is 15.6. The molecule has 5 rings (SSSR count). The van der Waals surface area contributed by atoms with Crippen LogP contribution in [0.25, 0.3) is 0 Å². The Hall–Kier alpha value is -3.21. The molecule has 0 aliphatic carbocycles. The first-order valence-electron chi connectivity index (χ1n) is 19.2. The summed E-state index contributed by atoms with van der Waals surface area (Å²) in [5.41, 5.74) is 1.78. The van der Waals surface area contributed by atoms with Crippen LogP contribution in [0.1, 0.15) is 127 Å². The van der Waals surface area contributed by atoms with Gasteiger partial charge in [0.1, 0.15) is 34.9 Å². The molecule has 1 saturated heterocycles. The van der Waals surface area contributed by atoms with E-state index in [-0.39, 0.29) is 54.0 Å². The number of benzene rings is 2. The van der Waals surface area contributed by atoms with E-state index in [1.807, 2.05) is 50.2 Å². The van der Waals surface area contributed by atoms with Crippen molar-refractivity contribution in [1.82, 2.24) is 0 Å². The van der Waals surface area contributed by atoms with Gasteiger partial charge in [0, 0.05) is 24.3 Å². The van der Waals surface area contributed by atoms with Crippen LogP contribution in [0.15, 0.2) is 36.4 Å². The number of hydrogen-bond donors (Lipinski definition) is 0. The Morgan fingerprint density at radius 2 is 1.75 bits per heavy atom. The first-order chi connectivity index (χ1) is 24.5. The summed E-state index contributed by atoms with van der Waals surface area (Å²) in [5.74, 6) is -2.07. The maximum atomic E-state index is 14.4. The summed E-state index contributed by atoms with van der Waals surface area (Å²) in [4.78, 5) is 40.8. The van der Waals surface area contributed by atoms with Gasteiger partial charge >= 0.3 is 11.9 Å². The molecule has 1 spiro atoms. The number of rotatable bonds is 14. The minimum absolute atomic E-state index is 0.0111. The minimum atomic E-state index is -2.45. The first-order valence-corrected chi connectivity index (χ1v) is 22.1. The third-order valence-electron chi connectivity index (χ3n) is 12.3. The van der Waals surface area contributed by atoms with Crippen LogP contribution in [0, 0.1) is 17.3 Å². The zero-order valence-electron chi connectivity index (χ0n) is 33.0. The highest BCUT2D eigenvalue weighted by Gasteiger charge is 2.57. The molecule has 1 fully saturated rings. The van der Waals surface area contributed by atoms with Gasteiger partial charge in [-0.15, -0.1) is 0 Å². The lowest BCUT2D eigenvalue weighted by Gasteiger charge is -2.46. The van der Waals surface area contributed by atoms with Crippen LogP contribution in [-0.2, 0) is 41.6 Å². The number of methoxy groups -OCH3 is 1. The molecule has 0 radical (unpaired) electrons. The van der Waals surface area contributed by atoms with Crippen LogP contribution >= 0.6 is 0 Å². The van der Waals surface area contributed by atoms with Crippen LogP contribution in [0.5, 0.6) is 11.5 Å². The van der Waals surface area contributed by atoms with E-state index in [1.165, 1.54) is 7.11 Å². The van der Waals surface area contributed by atoms with Crippen molar-refractivity contribution in [2.75, 3.05) is 13.7 Å². The number of unbranched alkanes of at least 4 members (excludes halogenated alkanes) is 2. The minimum Gasteiger partial charge on any atom is -0.543 e. The van der Waals surface area contributed by atoms with Gasteiger partial charge in [-0.25, -0.2) is 4.79 Å². The molecule has 10 heteroatoms. The van der Waals surface area contributed by atoms with Gasteiger partial charge in [0.2, 0.25) is 5.79 Å². The molecule has 0 bridgehead atoms. The van der Waals surface area contributed by atoms with Gasteiger partial charge < -0.3 is 28.1 Å². The molecule has 3 aliphatic heterocycles. The molecule has 2 aromatic rings. The van der Waals surface area contributed by atoms with Crippen LogP contribution in [0.4, 0.5) is 0 Å². The predicted octanol–water partition coefficient (Wildman–Crippen LogP) is 9.30. The van der Waals surface area contributed by atoms with Crippen LogP contribution in [-0.4, -0.2) is 51.6 Å². The van der Waals surface area contributed by atoms with Crippen molar-refractivity contribution in [1.29, 1.82) is 0 Å². The molecule has 6 atom stereocenters. The largest absolute Gasteiger partial charge is 0.543 e. The molecule has 3 heterocycles. The van der Waals surface area contributed by atoms with Gasteiger partial charge in [-0.2, -0.15) is 0 Å². The zero-order valence-corrected chi connectivity index (χ0v) is 34.0. The first kappa shape index (κ1) is 40.0. The number of carbonyl (C=O) groups is 3. The normalized spacial score (nSPS) is 25.1. The molecule has 2 aromatic carbocycles. The molecule has 0 amide bonds. The van der Waals surface area contributed by atoms with E-state index in [1.54, 1.807) is 6.92 Å². The predicted molar refractivity (Wildman–Crippen MR) is 202 cm³/mol.